The van der Waals surface area contributed by atoms with Gasteiger partial charge in [-0.3, -0.25) is 0 Å². The first-order chi connectivity index (χ1) is 6.88. The lowest BCUT2D eigenvalue weighted by molar-refractivity contribution is -0.0660. The summed E-state index contributed by atoms with van der Waals surface area (Å²) in [5.41, 5.74) is -1.18. The number of hydrogen-bond acceptors (Lipinski definition) is 2. The molecule has 0 fully saturated rings. The SMILES string of the molecule is CCC(C)(O)C(O)c1ccc(F)c(F)c1. The van der Waals surface area contributed by atoms with Crippen molar-refractivity contribution < 1.29 is 19.0 Å². The van der Waals surface area contributed by atoms with Gasteiger partial charge in [0.05, 0.1) is 5.60 Å². The molecule has 0 saturated heterocycles. The maximum absolute atomic E-state index is 12.9. The largest absolute Gasteiger partial charge is 0.387 e. The summed E-state index contributed by atoms with van der Waals surface area (Å²) in [6.07, 6.45) is -0.912. The summed E-state index contributed by atoms with van der Waals surface area (Å²) in [5.74, 6) is -2.00. The van der Waals surface area contributed by atoms with Crippen LogP contribution >= 0.6 is 0 Å². The Morgan fingerprint density at radius 3 is 2.40 bits per heavy atom. The highest BCUT2D eigenvalue weighted by atomic mass is 19.2. The molecule has 0 radical (unpaired) electrons. The molecular weight excluding hydrogens is 202 g/mol. The van der Waals surface area contributed by atoms with E-state index in [0.29, 0.717) is 6.42 Å². The molecule has 0 spiro atoms. The summed E-state index contributed by atoms with van der Waals surface area (Å²) in [5, 5.41) is 19.5. The Morgan fingerprint density at radius 1 is 1.33 bits per heavy atom. The molecule has 15 heavy (non-hydrogen) atoms. The van der Waals surface area contributed by atoms with Crippen molar-refractivity contribution in [2.75, 3.05) is 0 Å². The summed E-state index contributed by atoms with van der Waals surface area (Å²) < 4.78 is 25.5. The second-order valence-electron chi connectivity index (χ2n) is 3.79. The number of hydrogen-bond donors (Lipinski definition) is 2. The van der Waals surface area contributed by atoms with Crippen molar-refractivity contribution in [2.45, 2.75) is 32.0 Å². The van der Waals surface area contributed by atoms with Gasteiger partial charge in [-0.15, -0.1) is 0 Å². The van der Waals surface area contributed by atoms with Crippen LogP contribution in [0.1, 0.15) is 31.9 Å². The van der Waals surface area contributed by atoms with Crippen LogP contribution in [0.2, 0.25) is 0 Å². The van der Waals surface area contributed by atoms with E-state index in [1.165, 1.54) is 13.0 Å². The van der Waals surface area contributed by atoms with E-state index in [-0.39, 0.29) is 5.56 Å². The highest BCUT2D eigenvalue weighted by molar-refractivity contribution is 5.22. The third-order valence-corrected chi connectivity index (χ3v) is 2.56. The van der Waals surface area contributed by atoms with E-state index >= 15 is 0 Å². The molecule has 1 rings (SSSR count). The molecule has 0 bridgehead atoms. The fourth-order valence-electron chi connectivity index (χ4n) is 1.23. The molecule has 0 aliphatic carbocycles. The predicted molar refractivity (Wildman–Crippen MR) is 52.2 cm³/mol. The Morgan fingerprint density at radius 2 is 1.93 bits per heavy atom. The third-order valence-electron chi connectivity index (χ3n) is 2.56. The standard InChI is InChI=1S/C11H14F2O2/c1-3-11(2,15)10(14)7-4-5-8(12)9(13)6-7/h4-6,10,14-15H,3H2,1-2H3. The monoisotopic (exact) mass is 216 g/mol. The molecule has 0 saturated carbocycles. The van der Waals surface area contributed by atoms with Crippen molar-refractivity contribution in [1.29, 1.82) is 0 Å². The van der Waals surface area contributed by atoms with Gasteiger partial charge in [0.2, 0.25) is 0 Å². The molecule has 84 valence electrons. The minimum Gasteiger partial charge on any atom is -0.387 e. The van der Waals surface area contributed by atoms with Crippen molar-refractivity contribution in [2.24, 2.45) is 0 Å². The predicted octanol–water partition coefficient (Wildman–Crippen LogP) is 2.16. The Kier molecular flexibility index (Phi) is 3.42. The number of halogens is 2. The van der Waals surface area contributed by atoms with E-state index in [2.05, 4.69) is 0 Å². The Labute approximate surface area is 87.2 Å². The van der Waals surface area contributed by atoms with E-state index in [1.54, 1.807) is 6.92 Å². The van der Waals surface area contributed by atoms with Gasteiger partial charge in [0.1, 0.15) is 6.10 Å². The Hall–Kier alpha value is -1.00. The molecule has 2 nitrogen and oxygen atoms in total. The van der Waals surface area contributed by atoms with Crippen molar-refractivity contribution in [3.63, 3.8) is 0 Å². The van der Waals surface area contributed by atoms with Gasteiger partial charge in [0.15, 0.2) is 11.6 Å². The highest BCUT2D eigenvalue weighted by Gasteiger charge is 2.29. The summed E-state index contributed by atoms with van der Waals surface area (Å²) >= 11 is 0. The lowest BCUT2D eigenvalue weighted by Crippen LogP contribution is -2.31. The van der Waals surface area contributed by atoms with Crippen LogP contribution in [0.4, 0.5) is 8.78 Å². The fraction of sp³-hybridized carbons (Fsp3) is 0.455. The molecule has 1 aromatic carbocycles. The summed E-state index contributed by atoms with van der Waals surface area (Å²) in [6, 6.07) is 3.08. The van der Waals surface area contributed by atoms with Gasteiger partial charge in [-0.1, -0.05) is 13.0 Å². The Bertz CT molecular complexity index is 350. The summed E-state index contributed by atoms with van der Waals surface area (Å²) in [4.78, 5) is 0. The molecular formula is C11H14F2O2. The van der Waals surface area contributed by atoms with Gasteiger partial charge in [0, 0.05) is 0 Å². The van der Waals surface area contributed by atoms with Crippen molar-refractivity contribution >= 4 is 0 Å². The van der Waals surface area contributed by atoms with Crippen molar-refractivity contribution in [3.05, 3.63) is 35.4 Å². The normalized spacial score (nSPS) is 17.2. The first-order valence-electron chi connectivity index (χ1n) is 4.74. The molecule has 2 atom stereocenters. The van der Waals surface area contributed by atoms with Crippen LogP contribution in [0.5, 0.6) is 0 Å². The summed E-state index contributed by atoms with van der Waals surface area (Å²) in [7, 11) is 0. The van der Waals surface area contributed by atoms with E-state index in [9.17, 15) is 19.0 Å². The van der Waals surface area contributed by atoms with E-state index in [1.807, 2.05) is 0 Å². The maximum atomic E-state index is 12.9. The molecule has 2 N–H and O–H groups in total. The number of rotatable bonds is 3. The van der Waals surface area contributed by atoms with Gasteiger partial charge in [-0.25, -0.2) is 8.78 Å². The molecule has 1 aromatic rings. The van der Waals surface area contributed by atoms with Crippen molar-refractivity contribution in [3.8, 4) is 0 Å². The first-order valence-corrected chi connectivity index (χ1v) is 4.74. The molecule has 0 heterocycles. The van der Waals surface area contributed by atoms with Crippen LogP contribution in [0.25, 0.3) is 0 Å². The zero-order valence-electron chi connectivity index (χ0n) is 8.67. The molecule has 0 aromatic heterocycles. The highest BCUT2D eigenvalue weighted by Crippen LogP contribution is 2.28. The smallest absolute Gasteiger partial charge is 0.159 e. The van der Waals surface area contributed by atoms with Crippen LogP contribution in [-0.4, -0.2) is 15.8 Å². The van der Waals surface area contributed by atoms with Crippen LogP contribution in [0.3, 0.4) is 0 Å². The van der Waals surface area contributed by atoms with Gasteiger partial charge in [-0.05, 0) is 31.0 Å². The molecule has 2 unspecified atom stereocenters. The first kappa shape index (κ1) is 12.1. The maximum Gasteiger partial charge on any atom is 0.159 e. The second kappa shape index (κ2) is 4.24. The quantitative estimate of drug-likeness (QED) is 0.812. The molecule has 0 amide bonds. The fourth-order valence-corrected chi connectivity index (χ4v) is 1.23. The minimum atomic E-state index is -1.34. The van der Waals surface area contributed by atoms with Crippen LogP contribution in [0, 0.1) is 11.6 Å². The number of aliphatic hydroxyl groups is 2. The second-order valence-corrected chi connectivity index (χ2v) is 3.79. The van der Waals surface area contributed by atoms with E-state index in [0.717, 1.165) is 12.1 Å². The number of aliphatic hydroxyl groups excluding tert-OH is 1. The van der Waals surface area contributed by atoms with Crippen molar-refractivity contribution in [1.82, 2.24) is 0 Å². The van der Waals surface area contributed by atoms with Gasteiger partial charge >= 0.3 is 0 Å². The molecule has 0 aliphatic heterocycles. The topological polar surface area (TPSA) is 40.5 Å². The summed E-state index contributed by atoms with van der Waals surface area (Å²) in [6.45, 7) is 3.14. The lowest BCUT2D eigenvalue weighted by Gasteiger charge is -2.28. The lowest BCUT2D eigenvalue weighted by atomic mass is 9.90. The van der Waals surface area contributed by atoms with E-state index in [4.69, 9.17) is 0 Å². The van der Waals surface area contributed by atoms with Crippen LogP contribution < -0.4 is 0 Å². The minimum absolute atomic E-state index is 0.167. The van der Waals surface area contributed by atoms with Gasteiger partial charge in [-0.2, -0.15) is 0 Å². The zero-order chi connectivity index (χ0) is 11.6. The molecule has 0 aliphatic rings. The van der Waals surface area contributed by atoms with Crippen LogP contribution in [-0.2, 0) is 0 Å². The van der Waals surface area contributed by atoms with Crippen LogP contribution in [0.15, 0.2) is 18.2 Å². The number of benzene rings is 1. The zero-order valence-corrected chi connectivity index (χ0v) is 8.67. The van der Waals surface area contributed by atoms with Gasteiger partial charge < -0.3 is 10.2 Å². The third kappa shape index (κ3) is 2.52. The average Bonchev–Trinajstić information content (AvgIpc) is 2.21. The molecule has 4 heteroatoms. The Balaban J connectivity index is 3.02. The van der Waals surface area contributed by atoms with Gasteiger partial charge in [0.25, 0.3) is 0 Å². The average molecular weight is 216 g/mol. The van der Waals surface area contributed by atoms with E-state index < -0.39 is 23.3 Å².